The predicted octanol–water partition coefficient (Wildman–Crippen LogP) is 4.86. The van der Waals surface area contributed by atoms with Gasteiger partial charge in [0.15, 0.2) is 9.84 Å². The minimum absolute atomic E-state index is 0.0953. The zero-order valence-electron chi connectivity index (χ0n) is 20.3. The third-order valence-electron chi connectivity index (χ3n) is 6.50. The number of halogens is 1. The number of carbonyl (C=O) groups is 1. The van der Waals surface area contributed by atoms with Crippen molar-refractivity contribution in [2.75, 3.05) is 0 Å². The first-order valence-corrected chi connectivity index (χ1v) is 13.9. The highest BCUT2D eigenvalue weighted by atomic mass is 35.5. The van der Waals surface area contributed by atoms with Crippen LogP contribution in [-0.2, 0) is 14.6 Å². The molecule has 2 fully saturated rings. The van der Waals surface area contributed by atoms with Crippen LogP contribution in [0.1, 0.15) is 45.1 Å². The fourth-order valence-corrected chi connectivity index (χ4v) is 6.52. The molecule has 11 heteroatoms. The number of ether oxygens (including phenoxy) is 3. The molecule has 2 bridgehead atoms. The van der Waals surface area contributed by atoms with Gasteiger partial charge in [-0.25, -0.2) is 23.2 Å². The predicted molar refractivity (Wildman–Crippen MR) is 132 cm³/mol. The molecule has 3 atom stereocenters. The number of rotatable bonds is 7. The second-order valence-corrected chi connectivity index (χ2v) is 12.3. The summed E-state index contributed by atoms with van der Waals surface area (Å²) in [5.74, 6) is 0.934. The number of nitrogens with zero attached hydrogens (tertiary/aromatic N) is 3. The topological polar surface area (TPSA) is 108 Å². The van der Waals surface area contributed by atoms with Crippen LogP contribution >= 0.6 is 11.6 Å². The van der Waals surface area contributed by atoms with Crippen LogP contribution in [0, 0.1) is 6.92 Å². The van der Waals surface area contributed by atoms with Crippen molar-refractivity contribution >= 4 is 27.5 Å². The standard InChI is InChI=1S/C25H28ClN3O6S/c1-14(2)33-25(30)29-16-4-5-17(29)11-18(10-16)34-23-15(3)24(28-13-27-23)35-22-9-8-20(12-21(22)26)36(31,32)19-6-7-19/h4-5,8-9,12-14,16-19H,6-7,10-11H2,1-3H3/t16-,17?,18-/m0/s1. The van der Waals surface area contributed by atoms with Crippen molar-refractivity contribution in [3.05, 3.63) is 47.3 Å². The lowest BCUT2D eigenvalue weighted by molar-refractivity contribution is 0.0263. The Kier molecular flexibility index (Phi) is 6.59. The average molecular weight is 534 g/mol. The molecule has 3 aliphatic rings. The van der Waals surface area contributed by atoms with E-state index in [4.69, 9.17) is 25.8 Å². The van der Waals surface area contributed by atoms with Crippen molar-refractivity contribution < 1.29 is 27.4 Å². The molecule has 3 heterocycles. The van der Waals surface area contributed by atoms with Gasteiger partial charge in [0, 0.05) is 12.8 Å². The first kappa shape index (κ1) is 24.8. The Morgan fingerprint density at radius 1 is 1.11 bits per heavy atom. The van der Waals surface area contributed by atoms with Crippen LogP contribution in [0.2, 0.25) is 5.02 Å². The summed E-state index contributed by atoms with van der Waals surface area (Å²) in [4.78, 5) is 22.9. The molecule has 0 spiro atoms. The summed E-state index contributed by atoms with van der Waals surface area (Å²) in [6.45, 7) is 5.45. The molecule has 1 aliphatic carbocycles. The highest BCUT2D eigenvalue weighted by Gasteiger charge is 2.42. The Morgan fingerprint density at radius 2 is 1.78 bits per heavy atom. The molecule has 36 heavy (non-hydrogen) atoms. The number of fused-ring (bicyclic) bond motifs is 2. The Bertz CT molecular complexity index is 1290. The summed E-state index contributed by atoms with van der Waals surface area (Å²) in [6, 6.07) is 4.27. The summed E-state index contributed by atoms with van der Waals surface area (Å²) in [7, 11) is -3.35. The van der Waals surface area contributed by atoms with Crippen molar-refractivity contribution in [1.82, 2.24) is 14.9 Å². The van der Waals surface area contributed by atoms with Crippen molar-refractivity contribution in [1.29, 1.82) is 0 Å². The summed E-state index contributed by atoms with van der Waals surface area (Å²) in [5, 5.41) is -0.136. The van der Waals surface area contributed by atoms with E-state index in [1.54, 1.807) is 11.8 Å². The van der Waals surface area contributed by atoms with Gasteiger partial charge in [-0.05, 0) is 51.8 Å². The lowest BCUT2D eigenvalue weighted by Crippen LogP contribution is -2.50. The highest BCUT2D eigenvalue weighted by Crippen LogP contribution is 2.39. The molecule has 9 nitrogen and oxygen atoms in total. The van der Waals surface area contributed by atoms with Crippen molar-refractivity contribution in [2.24, 2.45) is 0 Å². The largest absolute Gasteiger partial charge is 0.474 e. The van der Waals surface area contributed by atoms with Gasteiger partial charge in [0.2, 0.25) is 11.8 Å². The van der Waals surface area contributed by atoms with Gasteiger partial charge in [-0.3, -0.25) is 4.90 Å². The van der Waals surface area contributed by atoms with Crippen LogP contribution in [0.5, 0.6) is 17.5 Å². The first-order valence-electron chi connectivity index (χ1n) is 12.0. The van der Waals surface area contributed by atoms with Crippen LogP contribution in [0.15, 0.2) is 41.6 Å². The molecule has 1 aromatic carbocycles. The molecular formula is C25H28ClN3O6S. The molecule has 192 valence electrons. The summed E-state index contributed by atoms with van der Waals surface area (Å²) < 4.78 is 42.5. The summed E-state index contributed by atoms with van der Waals surface area (Å²) in [5.41, 5.74) is 0.588. The minimum atomic E-state index is -3.35. The Hall–Kier alpha value is -2.85. The lowest BCUT2D eigenvalue weighted by atomic mass is 9.99. The van der Waals surface area contributed by atoms with Crippen molar-refractivity contribution in [2.45, 2.75) is 80.9 Å². The maximum absolute atomic E-state index is 12.5. The molecule has 0 radical (unpaired) electrons. The molecule has 1 amide bonds. The molecule has 2 aromatic rings. The molecule has 1 aromatic heterocycles. The van der Waals surface area contributed by atoms with Crippen molar-refractivity contribution in [3.63, 3.8) is 0 Å². The number of sulfone groups is 1. The first-order chi connectivity index (χ1) is 17.1. The second kappa shape index (κ2) is 9.55. The smallest absolute Gasteiger partial charge is 0.411 e. The zero-order chi connectivity index (χ0) is 25.6. The number of hydrogen-bond donors (Lipinski definition) is 0. The van der Waals surface area contributed by atoms with Crippen LogP contribution in [-0.4, -0.2) is 58.9 Å². The van der Waals surface area contributed by atoms with Gasteiger partial charge in [0.1, 0.15) is 18.2 Å². The van der Waals surface area contributed by atoms with Crippen LogP contribution < -0.4 is 9.47 Å². The number of benzene rings is 1. The number of hydrogen-bond acceptors (Lipinski definition) is 8. The van der Waals surface area contributed by atoms with E-state index in [0.717, 1.165) is 0 Å². The monoisotopic (exact) mass is 533 g/mol. The summed E-state index contributed by atoms with van der Waals surface area (Å²) >= 11 is 6.35. The fraction of sp³-hybridized carbons (Fsp3) is 0.480. The van der Waals surface area contributed by atoms with E-state index in [0.29, 0.717) is 42.9 Å². The quantitative estimate of drug-likeness (QED) is 0.464. The fourth-order valence-electron chi connectivity index (χ4n) is 4.55. The molecule has 2 aliphatic heterocycles. The second-order valence-electron chi connectivity index (χ2n) is 9.62. The third kappa shape index (κ3) is 4.88. The number of amides is 1. The van der Waals surface area contributed by atoms with E-state index in [2.05, 4.69) is 9.97 Å². The zero-order valence-corrected chi connectivity index (χ0v) is 21.8. The highest BCUT2D eigenvalue weighted by molar-refractivity contribution is 7.92. The molecule has 1 saturated carbocycles. The van der Waals surface area contributed by atoms with E-state index in [1.165, 1.54) is 24.5 Å². The average Bonchev–Trinajstić information content (AvgIpc) is 3.63. The number of aromatic nitrogens is 2. The minimum Gasteiger partial charge on any atom is -0.474 e. The van der Waals surface area contributed by atoms with Gasteiger partial charge < -0.3 is 14.2 Å². The van der Waals surface area contributed by atoms with Crippen molar-refractivity contribution in [3.8, 4) is 17.5 Å². The van der Waals surface area contributed by atoms with Crippen LogP contribution in [0.4, 0.5) is 4.79 Å². The number of piperidine rings is 1. The Labute approximate surface area is 215 Å². The van der Waals surface area contributed by atoms with E-state index in [1.807, 2.05) is 26.0 Å². The lowest BCUT2D eigenvalue weighted by Gasteiger charge is -2.38. The van der Waals surface area contributed by atoms with Gasteiger partial charge >= 0.3 is 6.09 Å². The Morgan fingerprint density at radius 3 is 2.39 bits per heavy atom. The van der Waals surface area contributed by atoms with Crippen LogP contribution in [0.3, 0.4) is 0 Å². The summed E-state index contributed by atoms with van der Waals surface area (Å²) in [6.07, 6.45) is 7.32. The van der Waals surface area contributed by atoms with Gasteiger partial charge in [0.25, 0.3) is 0 Å². The van der Waals surface area contributed by atoms with Gasteiger partial charge in [-0.1, -0.05) is 23.8 Å². The normalized spacial score (nSPS) is 23.1. The van der Waals surface area contributed by atoms with E-state index in [9.17, 15) is 13.2 Å². The SMILES string of the molecule is Cc1c(Oc2ccc(S(=O)(=O)C3CC3)cc2Cl)ncnc1O[C@@H]1CC2C=C[C@@H](C1)N2C(=O)OC(C)C. The molecule has 0 N–H and O–H groups in total. The molecular weight excluding hydrogens is 506 g/mol. The van der Waals surface area contributed by atoms with Gasteiger partial charge in [0.05, 0.1) is 38.9 Å². The maximum Gasteiger partial charge on any atom is 0.411 e. The van der Waals surface area contributed by atoms with E-state index in [-0.39, 0.29) is 51.4 Å². The number of carbonyl (C=O) groups excluding carboxylic acids is 1. The van der Waals surface area contributed by atoms with Crippen LogP contribution in [0.25, 0.3) is 0 Å². The van der Waals surface area contributed by atoms with Gasteiger partial charge in [-0.2, -0.15) is 0 Å². The molecule has 1 saturated heterocycles. The van der Waals surface area contributed by atoms with E-state index >= 15 is 0 Å². The molecule has 5 rings (SSSR count). The third-order valence-corrected chi connectivity index (χ3v) is 9.05. The van der Waals surface area contributed by atoms with E-state index < -0.39 is 9.84 Å². The van der Waals surface area contributed by atoms with Gasteiger partial charge in [-0.15, -0.1) is 0 Å². The molecule has 1 unspecified atom stereocenters. The maximum atomic E-state index is 12.5. The Balaban J connectivity index is 1.27.